The molecule has 0 bridgehead atoms. The van der Waals surface area contributed by atoms with Crippen LogP contribution in [0, 0.1) is 0 Å². The van der Waals surface area contributed by atoms with Crippen molar-refractivity contribution in [2.75, 3.05) is 32.0 Å². The third-order valence-corrected chi connectivity index (χ3v) is 4.30. The maximum absolute atomic E-state index is 10.0. The Hall–Kier alpha value is -2.21. The molecule has 0 aliphatic carbocycles. The van der Waals surface area contributed by atoms with Crippen molar-refractivity contribution in [1.29, 1.82) is 0 Å². The minimum atomic E-state index is 0.744. The molecule has 0 unspecified atom stereocenters. The molecule has 2 aromatic rings. The second kappa shape index (κ2) is 11.4. The average Bonchev–Trinajstić information content (AvgIpc) is 3.17. The first-order valence-electron chi connectivity index (χ1n) is 9.13. The first-order chi connectivity index (χ1) is 12.3. The Bertz CT molecular complexity index is 593. The summed E-state index contributed by atoms with van der Waals surface area (Å²) in [4.78, 5) is 16.6. The van der Waals surface area contributed by atoms with Crippen molar-refractivity contribution < 1.29 is 4.79 Å². The number of likely N-dealkylation sites (tertiary alicyclic amines) is 1. The monoisotopic (exact) mass is 343 g/mol. The summed E-state index contributed by atoms with van der Waals surface area (Å²) in [5, 5.41) is 9.92. The van der Waals surface area contributed by atoms with Crippen molar-refractivity contribution in [3.8, 4) is 11.3 Å². The molecular formula is C19H29N5O. The first kappa shape index (κ1) is 19.1. The third-order valence-electron chi connectivity index (χ3n) is 4.30. The number of nitrogens with one attached hydrogen (secondary N) is 2. The number of aromatic nitrogens is 3. The number of carbonyl (C=O) groups excluding carboxylic acids is 1. The number of hydrogen-bond donors (Lipinski definition) is 2. The van der Waals surface area contributed by atoms with Gasteiger partial charge in [-0.2, -0.15) is 5.10 Å². The van der Waals surface area contributed by atoms with E-state index in [-0.39, 0.29) is 0 Å². The van der Waals surface area contributed by atoms with E-state index >= 15 is 0 Å². The molecule has 1 aliphatic heterocycles. The molecule has 0 amide bonds. The van der Waals surface area contributed by atoms with Crippen molar-refractivity contribution in [3.05, 3.63) is 30.6 Å². The molecule has 0 atom stereocenters. The second-order valence-electron chi connectivity index (χ2n) is 6.22. The number of anilines is 1. The van der Waals surface area contributed by atoms with Crippen molar-refractivity contribution >= 4 is 12.1 Å². The quantitative estimate of drug-likeness (QED) is 0.596. The summed E-state index contributed by atoms with van der Waals surface area (Å²) in [6.07, 6.45) is 11.7. The number of carbonyl (C=O) groups is 1. The number of H-pyrrole nitrogens is 1. The molecule has 2 aromatic heterocycles. The highest BCUT2D eigenvalue weighted by molar-refractivity contribution is 5.61. The molecule has 0 radical (unpaired) electrons. The summed E-state index contributed by atoms with van der Waals surface area (Å²) >= 11 is 0. The average molecular weight is 343 g/mol. The molecule has 0 aromatic carbocycles. The molecule has 1 fully saturated rings. The minimum absolute atomic E-state index is 0.744. The largest absolute Gasteiger partial charge is 0.372 e. The zero-order chi connectivity index (χ0) is 17.7. The number of pyridine rings is 1. The van der Waals surface area contributed by atoms with Crippen LogP contribution in [-0.4, -0.2) is 53.0 Å². The molecule has 25 heavy (non-hydrogen) atoms. The number of rotatable bonds is 7. The summed E-state index contributed by atoms with van der Waals surface area (Å²) in [5.41, 5.74) is 2.01. The lowest BCUT2D eigenvalue weighted by Crippen LogP contribution is -2.30. The zero-order valence-electron chi connectivity index (χ0n) is 15.1. The van der Waals surface area contributed by atoms with Crippen LogP contribution in [0.15, 0.2) is 30.6 Å². The highest BCUT2D eigenvalue weighted by Crippen LogP contribution is 2.17. The molecule has 1 saturated heterocycles. The van der Waals surface area contributed by atoms with Crippen LogP contribution in [0.4, 0.5) is 5.82 Å². The molecule has 0 spiro atoms. The highest BCUT2D eigenvalue weighted by Gasteiger charge is 2.08. The van der Waals surface area contributed by atoms with Crippen molar-refractivity contribution in [2.45, 2.75) is 38.5 Å². The molecule has 3 heterocycles. The first-order valence-corrected chi connectivity index (χ1v) is 9.13. The van der Waals surface area contributed by atoms with Crippen molar-refractivity contribution in [3.63, 3.8) is 0 Å². The molecular weight excluding hydrogens is 314 g/mol. The lowest BCUT2D eigenvalue weighted by molar-refractivity contribution is -0.107. The van der Waals surface area contributed by atoms with Crippen LogP contribution < -0.4 is 5.32 Å². The normalized spacial score (nSPS) is 14.4. The Labute approximate surface area is 150 Å². The predicted octanol–water partition coefficient (Wildman–Crippen LogP) is 3.35. The van der Waals surface area contributed by atoms with Crippen LogP contribution in [0.3, 0.4) is 0 Å². The Morgan fingerprint density at radius 2 is 2.12 bits per heavy atom. The van der Waals surface area contributed by atoms with E-state index in [2.05, 4.69) is 25.4 Å². The number of aldehydes is 1. The van der Waals surface area contributed by atoms with E-state index in [0.29, 0.717) is 0 Å². The Morgan fingerprint density at radius 3 is 2.76 bits per heavy atom. The summed E-state index contributed by atoms with van der Waals surface area (Å²) in [6, 6.07) is 5.83. The van der Waals surface area contributed by atoms with E-state index in [9.17, 15) is 4.79 Å². The van der Waals surface area contributed by atoms with Crippen molar-refractivity contribution in [2.24, 2.45) is 0 Å². The van der Waals surface area contributed by atoms with Crippen LogP contribution in [0.2, 0.25) is 0 Å². The number of piperidine rings is 1. The van der Waals surface area contributed by atoms with E-state index in [0.717, 1.165) is 36.2 Å². The van der Waals surface area contributed by atoms with Gasteiger partial charge in [-0.3, -0.25) is 10.1 Å². The summed E-state index contributed by atoms with van der Waals surface area (Å²) in [7, 11) is 1.84. The summed E-state index contributed by atoms with van der Waals surface area (Å²) in [6.45, 7) is 3.76. The topological polar surface area (TPSA) is 73.9 Å². The predicted molar refractivity (Wildman–Crippen MR) is 102 cm³/mol. The van der Waals surface area contributed by atoms with Crippen molar-refractivity contribution in [1.82, 2.24) is 20.1 Å². The molecule has 136 valence electrons. The standard InChI is InChI=1S/C10H19NO.C9H10N4/c12-10-6-2-5-9-11-7-3-1-4-8-11;1-10-9-5-8(12-13-9)7-3-2-4-11-6-7/h10H,1-9H2;2-6H,1H3,(H2,10,12,13). The molecule has 1 aliphatic rings. The van der Waals surface area contributed by atoms with E-state index in [1.54, 1.807) is 12.4 Å². The molecule has 6 nitrogen and oxygen atoms in total. The molecule has 3 rings (SSSR count). The van der Waals surface area contributed by atoms with Gasteiger partial charge in [-0.05, 0) is 57.5 Å². The van der Waals surface area contributed by atoms with Gasteiger partial charge in [0.2, 0.25) is 0 Å². The van der Waals surface area contributed by atoms with Gasteiger partial charge in [0.25, 0.3) is 0 Å². The van der Waals surface area contributed by atoms with Crippen LogP contribution in [0.25, 0.3) is 11.3 Å². The van der Waals surface area contributed by atoms with Gasteiger partial charge in [-0.15, -0.1) is 0 Å². The van der Waals surface area contributed by atoms with Crippen LogP contribution >= 0.6 is 0 Å². The van der Waals surface area contributed by atoms with Gasteiger partial charge >= 0.3 is 0 Å². The zero-order valence-corrected chi connectivity index (χ0v) is 15.1. The lowest BCUT2D eigenvalue weighted by Gasteiger charge is -2.26. The van der Waals surface area contributed by atoms with Gasteiger partial charge in [0.1, 0.15) is 12.1 Å². The molecule has 0 saturated carbocycles. The Morgan fingerprint density at radius 1 is 1.28 bits per heavy atom. The van der Waals surface area contributed by atoms with E-state index in [1.807, 2.05) is 25.2 Å². The Balaban J connectivity index is 0.000000181. The molecule has 6 heteroatoms. The number of unbranched alkanes of at least 4 members (excludes halogenated alkanes) is 2. The van der Waals surface area contributed by atoms with Gasteiger partial charge in [0, 0.05) is 37.5 Å². The van der Waals surface area contributed by atoms with Gasteiger partial charge in [-0.25, -0.2) is 0 Å². The summed E-state index contributed by atoms with van der Waals surface area (Å²) in [5.74, 6) is 0.832. The number of hydrogen-bond acceptors (Lipinski definition) is 5. The SMILES string of the molecule is CNc1cc(-c2cccnc2)[nH]n1.O=CCCCCN1CCCCC1. The lowest BCUT2D eigenvalue weighted by atomic mass is 10.1. The van der Waals surface area contributed by atoms with Gasteiger partial charge < -0.3 is 15.0 Å². The summed E-state index contributed by atoms with van der Waals surface area (Å²) < 4.78 is 0. The number of aromatic amines is 1. The van der Waals surface area contributed by atoms with E-state index in [1.165, 1.54) is 45.3 Å². The van der Waals surface area contributed by atoms with Crippen LogP contribution in [-0.2, 0) is 4.79 Å². The van der Waals surface area contributed by atoms with Gasteiger partial charge in [0.15, 0.2) is 0 Å². The number of nitrogens with zero attached hydrogens (tertiary/aromatic N) is 3. The maximum Gasteiger partial charge on any atom is 0.148 e. The Kier molecular flexibility index (Phi) is 8.69. The van der Waals surface area contributed by atoms with E-state index in [4.69, 9.17) is 0 Å². The van der Waals surface area contributed by atoms with Crippen LogP contribution in [0.1, 0.15) is 38.5 Å². The van der Waals surface area contributed by atoms with E-state index < -0.39 is 0 Å². The van der Waals surface area contributed by atoms with Gasteiger partial charge in [0.05, 0.1) is 5.69 Å². The fourth-order valence-electron chi connectivity index (χ4n) is 2.87. The highest BCUT2D eigenvalue weighted by atomic mass is 16.1. The van der Waals surface area contributed by atoms with Gasteiger partial charge in [-0.1, -0.05) is 6.42 Å². The molecule has 2 N–H and O–H groups in total. The fraction of sp³-hybridized carbons (Fsp3) is 0.526. The maximum atomic E-state index is 10.0. The second-order valence-corrected chi connectivity index (χ2v) is 6.22. The third kappa shape index (κ3) is 7.05. The van der Waals surface area contributed by atoms with Crippen LogP contribution in [0.5, 0.6) is 0 Å². The smallest absolute Gasteiger partial charge is 0.148 e. The minimum Gasteiger partial charge on any atom is -0.372 e. The fourth-order valence-corrected chi connectivity index (χ4v) is 2.87.